The number of carbonyl (C=O) groups is 1. The third-order valence-electron chi connectivity index (χ3n) is 5.96. The SMILES string of the molecule is COc1ncc(-c2cnc3c(c2)c(-c2ccc4ncn(C(C)(C)C)c4c2)cn3C(=O)OC(C)(C)C)cn1. The minimum absolute atomic E-state index is 0.138. The Labute approximate surface area is 215 Å². The van der Waals surface area contributed by atoms with Gasteiger partial charge in [-0.25, -0.2) is 29.3 Å². The molecule has 9 nitrogen and oxygen atoms in total. The van der Waals surface area contributed by atoms with Crippen LogP contribution in [0.25, 0.3) is 44.3 Å². The van der Waals surface area contributed by atoms with Crippen LogP contribution in [0, 0.1) is 0 Å². The summed E-state index contributed by atoms with van der Waals surface area (Å²) in [5.74, 6) is 0. The predicted molar refractivity (Wildman–Crippen MR) is 143 cm³/mol. The summed E-state index contributed by atoms with van der Waals surface area (Å²) >= 11 is 0. The number of ether oxygens (including phenoxy) is 2. The number of imidazole rings is 1. The topological polar surface area (TPSA) is 97.0 Å². The van der Waals surface area contributed by atoms with Crippen LogP contribution in [0.1, 0.15) is 41.5 Å². The first-order chi connectivity index (χ1) is 17.4. The molecule has 4 heterocycles. The molecule has 0 bridgehead atoms. The standard InChI is InChI=1S/C28H30N6O3/c1-27(2,3)34-16-32-22-9-8-17(11-23(22)34)21-15-33(26(35)37-28(4,5)6)24-20(21)10-18(12-29-24)19-13-30-25(36-7)31-14-19/h8-16H,1-7H3. The molecule has 5 aromatic rings. The summed E-state index contributed by atoms with van der Waals surface area (Å²) in [5.41, 5.74) is 5.04. The molecule has 9 heteroatoms. The Morgan fingerprint density at radius 2 is 1.57 bits per heavy atom. The molecule has 1 aromatic carbocycles. The molecule has 4 aromatic heterocycles. The van der Waals surface area contributed by atoms with E-state index in [4.69, 9.17) is 9.47 Å². The molecular formula is C28H30N6O3. The van der Waals surface area contributed by atoms with Crippen LogP contribution in [-0.2, 0) is 10.3 Å². The summed E-state index contributed by atoms with van der Waals surface area (Å²) in [4.78, 5) is 30.8. The van der Waals surface area contributed by atoms with E-state index in [0.717, 1.165) is 38.7 Å². The van der Waals surface area contributed by atoms with Crippen LogP contribution in [0.2, 0.25) is 0 Å². The van der Waals surface area contributed by atoms with E-state index in [1.807, 2.05) is 45.3 Å². The van der Waals surface area contributed by atoms with Crippen LogP contribution in [0.15, 0.2) is 55.4 Å². The quantitative estimate of drug-likeness (QED) is 0.298. The van der Waals surface area contributed by atoms with Crippen LogP contribution in [0.3, 0.4) is 0 Å². The summed E-state index contributed by atoms with van der Waals surface area (Å²) in [6.45, 7) is 11.9. The van der Waals surface area contributed by atoms with Crippen molar-refractivity contribution in [1.82, 2.24) is 29.1 Å². The van der Waals surface area contributed by atoms with E-state index in [2.05, 4.69) is 51.3 Å². The first kappa shape index (κ1) is 24.4. The molecule has 0 aliphatic carbocycles. The van der Waals surface area contributed by atoms with Crippen LogP contribution in [0.5, 0.6) is 6.01 Å². The summed E-state index contributed by atoms with van der Waals surface area (Å²) in [6, 6.07) is 8.40. The molecule has 0 unspecified atom stereocenters. The Hall–Kier alpha value is -4.27. The van der Waals surface area contributed by atoms with E-state index < -0.39 is 11.7 Å². The Balaban J connectivity index is 1.71. The van der Waals surface area contributed by atoms with Crippen molar-refractivity contribution < 1.29 is 14.3 Å². The molecule has 0 saturated carbocycles. The molecule has 0 spiro atoms. The van der Waals surface area contributed by atoms with Gasteiger partial charge >= 0.3 is 12.1 Å². The van der Waals surface area contributed by atoms with Gasteiger partial charge in [-0.1, -0.05) is 6.07 Å². The lowest BCUT2D eigenvalue weighted by Gasteiger charge is -2.21. The summed E-state index contributed by atoms with van der Waals surface area (Å²) in [7, 11) is 1.52. The summed E-state index contributed by atoms with van der Waals surface area (Å²) in [5, 5.41) is 0.806. The van der Waals surface area contributed by atoms with Gasteiger partial charge in [0.2, 0.25) is 0 Å². The van der Waals surface area contributed by atoms with Crippen LogP contribution in [0.4, 0.5) is 4.79 Å². The van der Waals surface area contributed by atoms with E-state index in [9.17, 15) is 4.79 Å². The van der Waals surface area contributed by atoms with Crippen molar-refractivity contribution in [2.24, 2.45) is 0 Å². The molecule has 190 valence electrons. The van der Waals surface area contributed by atoms with Crippen molar-refractivity contribution in [3.8, 4) is 28.3 Å². The van der Waals surface area contributed by atoms with Crippen molar-refractivity contribution in [3.05, 3.63) is 55.4 Å². The molecule has 0 saturated heterocycles. The summed E-state index contributed by atoms with van der Waals surface area (Å²) < 4.78 is 14.4. The average molecular weight is 499 g/mol. The largest absolute Gasteiger partial charge is 0.467 e. The normalized spacial score (nSPS) is 12.3. The number of hydrogen-bond donors (Lipinski definition) is 0. The Morgan fingerprint density at radius 1 is 0.865 bits per heavy atom. The van der Waals surface area contributed by atoms with Gasteiger partial charge in [-0.3, -0.25) is 0 Å². The number of hydrogen-bond acceptors (Lipinski definition) is 7. The molecule has 0 atom stereocenters. The van der Waals surface area contributed by atoms with Gasteiger partial charge in [0.1, 0.15) is 11.2 Å². The number of pyridine rings is 1. The molecule has 0 N–H and O–H groups in total. The third kappa shape index (κ3) is 4.64. The van der Waals surface area contributed by atoms with Gasteiger partial charge in [0.25, 0.3) is 0 Å². The van der Waals surface area contributed by atoms with Crippen LogP contribution < -0.4 is 4.74 Å². The highest BCUT2D eigenvalue weighted by molar-refractivity contribution is 6.01. The molecule has 37 heavy (non-hydrogen) atoms. The second-order valence-electron chi connectivity index (χ2n) is 10.9. The summed E-state index contributed by atoms with van der Waals surface area (Å²) in [6.07, 6.45) is 8.24. The number of nitrogens with zero attached hydrogens (tertiary/aromatic N) is 6. The van der Waals surface area contributed by atoms with Gasteiger partial charge in [0.05, 0.1) is 24.5 Å². The second-order valence-corrected chi connectivity index (χ2v) is 10.9. The smallest absolute Gasteiger partial charge is 0.420 e. The zero-order valence-corrected chi connectivity index (χ0v) is 22.1. The Bertz CT molecular complexity index is 1620. The lowest BCUT2D eigenvalue weighted by Crippen LogP contribution is -2.26. The Kier molecular flexibility index (Phi) is 5.73. The van der Waals surface area contributed by atoms with Crippen LogP contribution >= 0.6 is 0 Å². The van der Waals surface area contributed by atoms with Crippen molar-refractivity contribution in [2.45, 2.75) is 52.7 Å². The maximum atomic E-state index is 13.2. The van der Waals surface area contributed by atoms with Gasteiger partial charge in [-0.05, 0) is 65.3 Å². The monoisotopic (exact) mass is 498 g/mol. The molecule has 0 fully saturated rings. The number of rotatable bonds is 3. The number of aromatic nitrogens is 6. The minimum atomic E-state index is -0.646. The van der Waals surface area contributed by atoms with Crippen molar-refractivity contribution in [2.75, 3.05) is 7.11 Å². The number of benzene rings is 1. The first-order valence-electron chi connectivity index (χ1n) is 12.0. The third-order valence-corrected chi connectivity index (χ3v) is 5.96. The maximum Gasteiger partial charge on any atom is 0.420 e. The number of carbonyl (C=O) groups excluding carboxylic acids is 1. The zero-order chi connectivity index (χ0) is 26.5. The van der Waals surface area contributed by atoms with E-state index in [1.54, 1.807) is 24.8 Å². The molecule has 0 aliphatic heterocycles. The molecule has 5 rings (SSSR count). The number of fused-ring (bicyclic) bond motifs is 2. The van der Waals surface area contributed by atoms with Crippen molar-refractivity contribution >= 4 is 28.2 Å². The lowest BCUT2D eigenvalue weighted by atomic mass is 10.0. The second kappa shape index (κ2) is 8.69. The fourth-order valence-electron chi connectivity index (χ4n) is 4.23. The van der Waals surface area contributed by atoms with Gasteiger partial charge in [0, 0.05) is 52.4 Å². The van der Waals surface area contributed by atoms with Gasteiger partial charge in [-0.15, -0.1) is 0 Å². The van der Waals surface area contributed by atoms with Gasteiger partial charge in [0.15, 0.2) is 0 Å². The fraction of sp³-hybridized carbons (Fsp3) is 0.321. The molecular weight excluding hydrogens is 468 g/mol. The zero-order valence-electron chi connectivity index (χ0n) is 22.1. The van der Waals surface area contributed by atoms with E-state index >= 15 is 0 Å². The highest BCUT2D eigenvalue weighted by Crippen LogP contribution is 2.35. The van der Waals surface area contributed by atoms with Crippen molar-refractivity contribution in [1.29, 1.82) is 0 Å². The maximum absolute atomic E-state index is 13.2. The highest BCUT2D eigenvalue weighted by Gasteiger charge is 2.23. The average Bonchev–Trinajstić information content (AvgIpc) is 3.44. The lowest BCUT2D eigenvalue weighted by molar-refractivity contribution is 0.0543. The fourth-order valence-corrected chi connectivity index (χ4v) is 4.23. The van der Waals surface area contributed by atoms with E-state index in [-0.39, 0.29) is 5.54 Å². The van der Waals surface area contributed by atoms with Gasteiger partial charge < -0.3 is 14.0 Å². The molecule has 0 radical (unpaired) electrons. The van der Waals surface area contributed by atoms with Crippen molar-refractivity contribution in [3.63, 3.8) is 0 Å². The van der Waals surface area contributed by atoms with Gasteiger partial charge in [-0.2, -0.15) is 0 Å². The van der Waals surface area contributed by atoms with Crippen LogP contribution in [-0.4, -0.2) is 47.9 Å². The molecule has 0 aliphatic rings. The highest BCUT2D eigenvalue weighted by atomic mass is 16.6. The first-order valence-corrected chi connectivity index (χ1v) is 12.0. The predicted octanol–water partition coefficient (Wildman–Crippen LogP) is 6.06. The molecule has 0 amide bonds. The minimum Gasteiger partial charge on any atom is -0.467 e. The Morgan fingerprint density at radius 3 is 2.22 bits per heavy atom. The number of methoxy groups -OCH3 is 1. The van der Waals surface area contributed by atoms with E-state index in [0.29, 0.717) is 11.7 Å². The van der Waals surface area contributed by atoms with E-state index in [1.165, 1.54) is 11.7 Å².